The summed E-state index contributed by atoms with van der Waals surface area (Å²) in [5, 5.41) is 0. The van der Waals surface area contributed by atoms with E-state index in [1.54, 1.807) is 35.7 Å². The van der Waals surface area contributed by atoms with Crippen LogP contribution in [0.1, 0.15) is 19.3 Å². The number of piperazine rings is 1. The number of hydrogen-bond acceptors (Lipinski definition) is 5. The first-order valence-electron chi connectivity index (χ1n) is 10.1. The largest absolute Gasteiger partial charge is 0.497 e. The predicted molar refractivity (Wildman–Crippen MR) is 105 cm³/mol. The van der Waals surface area contributed by atoms with Crippen LogP contribution in [0.3, 0.4) is 0 Å². The van der Waals surface area contributed by atoms with E-state index in [1.165, 1.54) is 6.42 Å². The second-order valence-corrected chi connectivity index (χ2v) is 10.2. The van der Waals surface area contributed by atoms with Crippen molar-refractivity contribution in [2.75, 3.05) is 53.4 Å². The molecule has 6 nitrogen and oxygen atoms in total. The van der Waals surface area contributed by atoms with E-state index in [0.717, 1.165) is 39.0 Å². The number of methoxy groups -OCH3 is 1. The van der Waals surface area contributed by atoms with Gasteiger partial charge in [-0.05, 0) is 56.0 Å². The SMILES string of the molecule is COc1ccc(S(=O)(=O)N2CC3CCCC(C2)C3N2CCN(C)CC2)cc1. The molecule has 3 fully saturated rings. The Bertz CT molecular complexity index is 730. The molecule has 0 radical (unpaired) electrons. The molecule has 150 valence electrons. The summed E-state index contributed by atoms with van der Waals surface area (Å²) in [7, 11) is 0.333. The van der Waals surface area contributed by atoms with Crippen molar-refractivity contribution in [2.24, 2.45) is 11.8 Å². The lowest BCUT2D eigenvalue weighted by Crippen LogP contribution is -2.62. The summed E-state index contributed by atoms with van der Waals surface area (Å²) in [5.41, 5.74) is 0. The van der Waals surface area contributed by atoms with Crippen molar-refractivity contribution < 1.29 is 13.2 Å². The van der Waals surface area contributed by atoms with E-state index in [4.69, 9.17) is 4.74 Å². The van der Waals surface area contributed by atoms with E-state index in [1.807, 2.05) is 0 Å². The maximum absolute atomic E-state index is 13.2. The fourth-order valence-corrected chi connectivity index (χ4v) is 6.73. The first kappa shape index (κ1) is 19.2. The summed E-state index contributed by atoms with van der Waals surface area (Å²) >= 11 is 0. The third kappa shape index (κ3) is 3.75. The molecule has 1 aromatic carbocycles. The third-order valence-corrected chi connectivity index (χ3v) is 8.49. The van der Waals surface area contributed by atoms with Crippen molar-refractivity contribution in [3.63, 3.8) is 0 Å². The molecule has 2 aliphatic heterocycles. The van der Waals surface area contributed by atoms with Gasteiger partial charge in [0.1, 0.15) is 5.75 Å². The van der Waals surface area contributed by atoms with Gasteiger partial charge < -0.3 is 9.64 Å². The molecule has 1 aromatic rings. The van der Waals surface area contributed by atoms with Crippen LogP contribution in [0.15, 0.2) is 29.2 Å². The molecule has 1 aliphatic carbocycles. The normalized spacial score (nSPS) is 31.0. The summed E-state index contributed by atoms with van der Waals surface area (Å²) in [6, 6.07) is 7.33. The summed E-state index contributed by atoms with van der Waals surface area (Å²) in [6.45, 7) is 5.76. The highest BCUT2D eigenvalue weighted by Crippen LogP contribution is 2.40. The Morgan fingerprint density at radius 3 is 2.11 bits per heavy atom. The van der Waals surface area contributed by atoms with Crippen LogP contribution in [0.4, 0.5) is 0 Å². The summed E-state index contributed by atoms with van der Waals surface area (Å²) in [4.78, 5) is 5.40. The van der Waals surface area contributed by atoms with E-state index < -0.39 is 10.0 Å². The highest BCUT2D eigenvalue weighted by molar-refractivity contribution is 7.89. The number of hydrogen-bond donors (Lipinski definition) is 0. The van der Waals surface area contributed by atoms with E-state index >= 15 is 0 Å². The number of ether oxygens (including phenoxy) is 1. The third-order valence-electron chi connectivity index (χ3n) is 6.65. The zero-order valence-electron chi connectivity index (χ0n) is 16.4. The topological polar surface area (TPSA) is 53.1 Å². The molecular formula is C20H31N3O3S. The van der Waals surface area contributed by atoms with Crippen molar-refractivity contribution in [3.8, 4) is 5.75 Å². The van der Waals surface area contributed by atoms with E-state index in [0.29, 0.717) is 41.6 Å². The summed E-state index contributed by atoms with van der Waals surface area (Å²) in [5.74, 6) is 1.59. The molecule has 0 N–H and O–H groups in total. The summed E-state index contributed by atoms with van der Waals surface area (Å²) in [6.07, 6.45) is 3.51. The van der Waals surface area contributed by atoms with Gasteiger partial charge in [-0.3, -0.25) is 4.90 Å². The Balaban J connectivity index is 1.52. The highest BCUT2D eigenvalue weighted by atomic mass is 32.2. The standard InChI is InChI=1S/C20H31N3O3S/c1-21-10-12-22(13-11-21)20-16-4-3-5-17(20)15-23(14-16)27(24,25)19-8-6-18(26-2)7-9-19/h6-9,16-17,20H,3-5,10-15H2,1-2H3. The van der Waals surface area contributed by atoms with Gasteiger partial charge in [0.15, 0.2) is 0 Å². The Kier molecular flexibility index (Phi) is 5.47. The number of rotatable bonds is 4. The number of nitrogens with zero attached hydrogens (tertiary/aromatic N) is 3. The average molecular weight is 394 g/mol. The van der Waals surface area contributed by atoms with Gasteiger partial charge in [0.05, 0.1) is 12.0 Å². The molecular weight excluding hydrogens is 362 g/mol. The smallest absolute Gasteiger partial charge is 0.243 e. The molecule has 7 heteroatoms. The fraction of sp³-hybridized carbons (Fsp3) is 0.700. The first-order chi connectivity index (χ1) is 13.0. The van der Waals surface area contributed by atoms with Gasteiger partial charge >= 0.3 is 0 Å². The minimum absolute atomic E-state index is 0.374. The van der Waals surface area contributed by atoms with Crippen molar-refractivity contribution >= 4 is 10.0 Å². The highest BCUT2D eigenvalue weighted by Gasteiger charge is 2.45. The average Bonchev–Trinajstić information content (AvgIpc) is 2.67. The van der Waals surface area contributed by atoms with Crippen LogP contribution < -0.4 is 4.74 Å². The van der Waals surface area contributed by atoms with Gasteiger partial charge in [-0.25, -0.2) is 8.42 Å². The van der Waals surface area contributed by atoms with Crippen LogP contribution >= 0.6 is 0 Å². The molecule has 0 aromatic heterocycles. The lowest BCUT2D eigenvalue weighted by Gasteiger charge is -2.52. The second kappa shape index (κ2) is 7.70. The van der Waals surface area contributed by atoms with Crippen LogP contribution in [0.25, 0.3) is 0 Å². The Labute approximate surface area is 163 Å². The molecule has 2 heterocycles. The second-order valence-electron chi connectivity index (χ2n) is 8.28. The number of likely N-dealkylation sites (N-methyl/N-ethyl adjacent to an activating group) is 1. The van der Waals surface area contributed by atoms with E-state index in [9.17, 15) is 8.42 Å². The fourth-order valence-electron chi connectivity index (χ4n) is 5.17. The number of fused-ring (bicyclic) bond motifs is 2. The lowest BCUT2D eigenvalue weighted by atomic mass is 9.73. The molecule has 2 unspecified atom stereocenters. The van der Waals surface area contributed by atoms with Gasteiger partial charge in [-0.15, -0.1) is 0 Å². The van der Waals surface area contributed by atoms with Crippen LogP contribution in [0, 0.1) is 11.8 Å². The Morgan fingerprint density at radius 2 is 1.56 bits per heavy atom. The predicted octanol–water partition coefficient (Wildman–Crippen LogP) is 1.73. The van der Waals surface area contributed by atoms with Gasteiger partial charge in [0.2, 0.25) is 10.0 Å². The molecule has 0 amide bonds. The maximum atomic E-state index is 13.2. The van der Waals surface area contributed by atoms with Crippen LogP contribution in [-0.4, -0.2) is 82.0 Å². The van der Waals surface area contributed by atoms with Crippen LogP contribution in [-0.2, 0) is 10.0 Å². The van der Waals surface area contributed by atoms with Crippen molar-refractivity contribution in [2.45, 2.75) is 30.2 Å². The molecule has 27 heavy (non-hydrogen) atoms. The van der Waals surface area contributed by atoms with Crippen LogP contribution in [0.2, 0.25) is 0 Å². The number of benzene rings is 1. The molecule has 2 saturated heterocycles. The number of piperidine rings is 1. The van der Waals surface area contributed by atoms with Gasteiger partial charge in [-0.2, -0.15) is 4.31 Å². The Hall–Kier alpha value is -1.15. The van der Waals surface area contributed by atoms with Gasteiger partial charge in [-0.1, -0.05) is 6.42 Å². The molecule has 1 saturated carbocycles. The minimum Gasteiger partial charge on any atom is -0.497 e. The number of sulfonamides is 1. The molecule has 2 bridgehead atoms. The molecule has 2 atom stereocenters. The molecule has 4 rings (SSSR count). The monoisotopic (exact) mass is 393 g/mol. The quantitative estimate of drug-likeness (QED) is 0.780. The van der Waals surface area contributed by atoms with E-state index in [2.05, 4.69) is 16.8 Å². The maximum Gasteiger partial charge on any atom is 0.243 e. The van der Waals surface area contributed by atoms with Crippen molar-refractivity contribution in [3.05, 3.63) is 24.3 Å². The first-order valence-corrected chi connectivity index (χ1v) is 11.5. The van der Waals surface area contributed by atoms with Gasteiger partial charge in [0, 0.05) is 45.3 Å². The summed E-state index contributed by atoms with van der Waals surface area (Å²) < 4.78 is 33.3. The van der Waals surface area contributed by atoms with Crippen molar-refractivity contribution in [1.29, 1.82) is 0 Å². The lowest BCUT2D eigenvalue weighted by molar-refractivity contribution is -0.0141. The molecule has 3 aliphatic rings. The zero-order valence-corrected chi connectivity index (χ0v) is 17.2. The Morgan fingerprint density at radius 1 is 0.963 bits per heavy atom. The molecule has 0 spiro atoms. The van der Waals surface area contributed by atoms with E-state index in [-0.39, 0.29) is 0 Å². The van der Waals surface area contributed by atoms with Crippen LogP contribution in [0.5, 0.6) is 5.75 Å². The van der Waals surface area contributed by atoms with Crippen molar-refractivity contribution in [1.82, 2.24) is 14.1 Å². The van der Waals surface area contributed by atoms with Gasteiger partial charge in [0.25, 0.3) is 0 Å². The minimum atomic E-state index is -3.44. The zero-order chi connectivity index (χ0) is 19.0.